The Kier molecular flexibility index (Phi) is 8.46. The summed E-state index contributed by atoms with van der Waals surface area (Å²) in [6.45, 7) is 8.74. The first-order chi connectivity index (χ1) is 16.5. The molecule has 0 spiro atoms. The largest absolute Gasteiger partial charge is 0.493 e. The highest BCUT2D eigenvalue weighted by atomic mass is 16.5. The third-order valence-corrected chi connectivity index (χ3v) is 7.14. The van der Waals surface area contributed by atoms with Gasteiger partial charge in [0, 0.05) is 32.7 Å². The molecule has 6 nitrogen and oxygen atoms in total. The Morgan fingerprint density at radius 2 is 1.65 bits per heavy atom. The summed E-state index contributed by atoms with van der Waals surface area (Å²) in [6.07, 6.45) is 3.55. The number of nitrogens with zero attached hydrogens (tertiary/aromatic N) is 2. The van der Waals surface area contributed by atoms with Gasteiger partial charge in [0.25, 0.3) is 0 Å². The van der Waals surface area contributed by atoms with Gasteiger partial charge in [-0.15, -0.1) is 0 Å². The average molecular weight is 466 g/mol. The maximum Gasteiger partial charge on any atom is 0.224 e. The summed E-state index contributed by atoms with van der Waals surface area (Å²) in [7, 11) is 3.33. The molecule has 0 aromatic heterocycles. The van der Waals surface area contributed by atoms with E-state index in [-0.39, 0.29) is 11.8 Å². The van der Waals surface area contributed by atoms with Crippen molar-refractivity contribution in [2.24, 2.45) is 11.8 Å². The average Bonchev–Trinajstić information content (AvgIpc) is 3.36. The van der Waals surface area contributed by atoms with Gasteiger partial charge in [0.05, 0.1) is 20.1 Å². The summed E-state index contributed by atoms with van der Waals surface area (Å²) in [5.41, 5.74) is 3.56. The van der Waals surface area contributed by atoms with Crippen LogP contribution in [0.15, 0.2) is 42.5 Å². The van der Waals surface area contributed by atoms with Crippen LogP contribution in [0.3, 0.4) is 0 Å². The van der Waals surface area contributed by atoms with Gasteiger partial charge in [-0.25, -0.2) is 0 Å². The van der Waals surface area contributed by atoms with Crippen LogP contribution in [0.25, 0.3) is 0 Å². The second-order valence-corrected chi connectivity index (χ2v) is 9.89. The first kappa shape index (κ1) is 24.6. The molecule has 2 aliphatic heterocycles. The fraction of sp³-hybridized carbons (Fsp3) is 0.536. The smallest absolute Gasteiger partial charge is 0.224 e. The van der Waals surface area contributed by atoms with Crippen molar-refractivity contribution >= 4 is 5.91 Å². The number of hydrogen-bond donors (Lipinski definition) is 1. The lowest BCUT2D eigenvalue weighted by Crippen LogP contribution is -2.48. The van der Waals surface area contributed by atoms with Gasteiger partial charge >= 0.3 is 0 Å². The van der Waals surface area contributed by atoms with E-state index in [1.54, 1.807) is 14.2 Å². The molecule has 0 unspecified atom stereocenters. The fourth-order valence-corrected chi connectivity index (χ4v) is 5.36. The lowest BCUT2D eigenvalue weighted by Gasteiger charge is -2.38. The molecule has 2 aliphatic rings. The number of carbonyl (C=O) groups excluding carboxylic acids is 1. The number of nitrogens with one attached hydrogen (secondary N) is 1. The quantitative estimate of drug-likeness (QED) is 0.610. The van der Waals surface area contributed by atoms with Crippen molar-refractivity contribution in [2.45, 2.75) is 39.3 Å². The zero-order valence-corrected chi connectivity index (χ0v) is 20.9. The molecule has 1 N–H and O–H groups in total. The number of piperidine rings is 1. The lowest BCUT2D eigenvalue weighted by molar-refractivity contribution is -0.127. The third-order valence-electron chi connectivity index (χ3n) is 7.14. The molecule has 2 aromatic rings. The molecule has 0 radical (unpaired) electrons. The minimum Gasteiger partial charge on any atom is -0.493 e. The first-order valence-electron chi connectivity index (χ1n) is 12.5. The predicted molar refractivity (Wildman–Crippen MR) is 135 cm³/mol. The summed E-state index contributed by atoms with van der Waals surface area (Å²) in [6, 6.07) is 14.5. The Morgan fingerprint density at radius 3 is 2.35 bits per heavy atom. The van der Waals surface area contributed by atoms with Crippen LogP contribution in [0.5, 0.6) is 11.5 Å². The molecule has 4 rings (SSSR count). The number of ether oxygens (including phenoxy) is 2. The van der Waals surface area contributed by atoms with Gasteiger partial charge < -0.3 is 19.7 Å². The summed E-state index contributed by atoms with van der Waals surface area (Å²) in [5.74, 6) is 2.17. The molecule has 34 heavy (non-hydrogen) atoms. The van der Waals surface area contributed by atoms with E-state index < -0.39 is 0 Å². The molecule has 0 saturated carbocycles. The zero-order valence-electron chi connectivity index (χ0n) is 20.9. The second-order valence-electron chi connectivity index (χ2n) is 9.89. The maximum absolute atomic E-state index is 13.2. The Labute approximate surface area is 204 Å². The van der Waals surface area contributed by atoms with Crippen molar-refractivity contribution in [2.75, 3.05) is 46.9 Å². The number of methoxy groups -OCH3 is 2. The van der Waals surface area contributed by atoms with Crippen molar-refractivity contribution in [1.82, 2.24) is 15.1 Å². The molecule has 2 fully saturated rings. The van der Waals surface area contributed by atoms with Crippen molar-refractivity contribution < 1.29 is 14.3 Å². The second kappa shape index (κ2) is 11.7. The van der Waals surface area contributed by atoms with Gasteiger partial charge in [-0.2, -0.15) is 0 Å². The third kappa shape index (κ3) is 6.51. The van der Waals surface area contributed by atoms with Gasteiger partial charge in [0.2, 0.25) is 5.91 Å². The molecule has 1 amide bonds. The predicted octanol–water partition coefficient (Wildman–Crippen LogP) is 3.86. The highest BCUT2D eigenvalue weighted by Crippen LogP contribution is 2.30. The highest BCUT2D eigenvalue weighted by molar-refractivity contribution is 5.79. The van der Waals surface area contributed by atoms with Crippen LogP contribution in [-0.2, 0) is 17.9 Å². The van der Waals surface area contributed by atoms with E-state index in [9.17, 15) is 4.79 Å². The number of aryl methyl sites for hydroxylation is 1. The summed E-state index contributed by atoms with van der Waals surface area (Å²) < 4.78 is 10.9. The molecule has 2 saturated heterocycles. The lowest BCUT2D eigenvalue weighted by atomic mass is 9.87. The van der Waals surface area contributed by atoms with Crippen LogP contribution in [0, 0.1) is 18.8 Å². The number of rotatable bonds is 9. The van der Waals surface area contributed by atoms with Gasteiger partial charge in [0.15, 0.2) is 11.5 Å². The summed E-state index contributed by atoms with van der Waals surface area (Å²) >= 11 is 0. The van der Waals surface area contributed by atoms with E-state index in [1.807, 2.05) is 6.07 Å². The molecule has 184 valence electrons. The van der Waals surface area contributed by atoms with Crippen molar-refractivity contribution in [3.8, 4) is 11.5 Å². The monoisotopic (exact) mass is 465 g/mol. The molecule has 0 aliphatic carbocycles. The molecule has 2 aromatic carbocycles. The van der Waals surface area contributed by atoms with Crippen LogP contribution in [0.2, 0.25) is 0 Å². The molecule has 2 heterocycles. The number of amides is 1. The Morgan fingerprint density at radius 1 is 0.941 bits per heavy atom. The van der Waals surface area contributed by atoms with E-state index in [2.05, 4.69) is 58.4 Å². The van der Waals surface area contributed by atoms with Gasteiger partial charge in [-0.3, -0.25) is 9.69 Å². The number of likely N-dealkylation sites (tertiary alicyclic amines) is 2. The van der Waals surface area contributed by atoms with Crippen LogP contribution in [-0.4, -0.2) is 62.7 Å². The fourth-order valence-electron chi connectivity index (χ4n) is 5.36. The van der Waals surface area contributed by atoms with E-state index in [4.69, 9.17) is 9.47 Å². The molecule has 0 bridgehead atoms. The molecular weight excluding hydrogens is 426 g/mol. The highest BCUT2D eigenvalue weighted by Gasteiger charge is 2.33. The Bertz CT molecular complexity index is 940. The summed E-state index contributed by atoms with van der Waals surface area (Å²) in [4.78, 5) is 18.2. The van der Waals surface area contributed by atoms with E-state index in [0.717, 1.165) is 49.7 Å². The van der Waals surface area contributed by atoms with E-state index in [1.165, 1.54) is 37.1 Å². The minimum absolute atomic E-state index is 0.00643. The SMILES string of the molecule is COc1ccc(CN2C[C@@H](CN3CCCC3)C[C@@H](C(=O)NCc3ccc(C)cc3)C2)cc1OC. The summed E-state index contributed by atoms with van der Waals surface area (Å²) in [5, 5.41) is 3.20. The molecular formula is C28H39N3O3. The first-order valence-corrected chi connectivity index (χ1v) is 12.5. The van der Waals surface area contributed by atoms with Crippen LogP contribution >= 0.6 is 0 Å². The van der Waals surface area contributed by atoms with Gasteiger partial charge in [-0.1, -0.05) is 35.9 Å². The molecule has 6 heteroatoms. The zero-order chi connectivity index (χ0) is 23.9. The topological polar surface area (TPSA) is 54.0 Å². The van der Waals surface area contributed by atoms with Crippen LogP contribution in [0.4, 0.5) is 0 Å². The normalized spacial score (nSPS) is 21.4. The van der Waals surface area contributed by atoms with Crippen molar-refractivity contribution in [1.29, 1.82) is 0 Å². The van der Waals surface area contributed by atoms with Gasteiger partial charge in [0.1, 0.15) is 0 Å². The maximum atomic E-state index is 13.2. The van der Waals surface area contributed by atoms with Crippen LogP contribution < -0.4 is 14.8 Å². The Balaban J connectivity index is 1.42. The Hall–Kier alpha value is -2.57. The van der Waals surface area contributed by atoms with Gasteiger partial charge in [-0.05, 0) is 68.5 Å². The number of carbonyl (C=O) groups is 1. The van der Waals surface area contributed by atoms with Crippen molar-refractivity contribution in [3.05, 3.63) is 59.2 Å². The number of hydrogen-bond acceptors (Lipinski definition) is 5. The van der Waals surface area contributed by atoms with Crippen LogP contribution in [0.1, 0.15) is 36.0 Å². The minimum atomic E-state index is 0.00643. The van der Waals surface area contributed by atoms with E-state index in [0.29, 0.717) is 12.5 Å². The number of benzene rings is 2. The standard InChI is InChI=1S/C28H39N3O3/c1-21-6-8-22(9-7-21)16-29-28(32)25-14-24(18-30-12-4-5-13-30)19-31(20-25)17-23-10-11-26(33-2)27(15-23)34-3/h6-11,15,24-25H,4-5,12-14,16-20H2,1-3H3,(H,29,32)/t24-,25-/m1/s1. The molecule has 2 atom stereocenters. The van der Waals surface area contributed by atoms with E-state index >= 15 is 0 Å². The van der Waals surface area contributed by atoms with Crippen molar-refractivity contribution in [3.63, 3.8) is 0 Å².